The van der Waals surface area contributed by atoms with Crippen LogP contribution < -0.4 is 16.5 Å². The van der Waals surface area contributed by atoms with Gasteiger partial charge in [-0.15, -0.1) is 6.58 Å². The van der Waals surface area contributed by atoms with Crippen LogP contribution in [0.3, 0.4) is 0 Å². The van der Waals surface area contributed by atoms with E-state index in [1.54, 1.807) is 55.6 Å². The summed E-state index contributed by atoms with van der Waals surface area (Å²) in [5.74, 6) is -1.39. The maximum atomic E-state index is 16.1. The number of primary amides is 1. The fourth-order valence-corrected chi connectivity index (χ4v) is 4.63. The quantitative estimate of drug-likeness (QED) is 0.0623. The van der Waals surface area contributed by atoms with Gasteiger partial charge in [0.1, 0.15) is 23.9 Å². The number of ether oxygens (including phenoxy) is 1. The lowest BCUT2D eigenvalue weighted by atomic mass is 9.76. The number of nitrogens with zero attached hydrogens (tertiary/aromatic N) is 2. The highest BCUT2D eigenvalue weighted by molar-refractivity contribution is 5.95. The van der Waals surface area contributed by atoms with Crippen molar-refractivity contribution in [2.75, 3.05) is 5.32 Å². The minimum absolute atomic E-state index is 0.0565. The van der Waals surface area contributed by atoms with Crippen molar-refractivity contribution in [1.29, 1.82) is 0 Å². The number of carbonyl (C=O) groups is 3. The van der Waals surface area contributed by atoms with Gasteiger partial charge in [0.15, 0.2) is 0 Å². The summed E-state index contributed by atoms with van der Waals surface area (Å²) in [6.45, 7) is 14.7. The summed E-state index contributed by atoms with van der Waals surface area (Å²) in [5.41, 5.74) is 10.3. The maximum Gasteiger partial charge on any atom is 0.302 e. The van der Waals surface area contributed by atoms with Crippen LogP contribution in [0.2, 0.25) is 0 Å². The molecule has 0 aliphatic rings. The van der Waals surface area contributed by atoms with Crippen molar-refractivity contribution < 1.29 is 23.5 Å². The largest absolute Gasteiger partial charge is 0.461 e. The van der Waals surface area contributed by atoms with E-state index in [1.165, 1.54) is 19.2 Å². The molecule has 3 rings (SSSR count). The van der Waals surface area contributed by atoms with E-state index in [2.05, 4.69) is 27.4 Å². The number of esters is 1. The van der Waals surface area contributed by atoms with Gasteiger partial charge in [-0.1, -0.05) is 51.1 Å². The molecule has 0 aliphatic heterocycles. The first-order chi connectivity index (χ1) is 20.7. The summed E-state index contributed by atoms with van der Waals surface area (Å²) in [7, 11) is 0. The number of hydrazone groups is 1. The van der Waals surface area contributed by atoms with Crippen LogP contribution in [0.5, 0.6) is 0 Å². The topological polar surface area (TPSA) is 136 Å². The molecule has 44 heavy (non-hydrogen) atoms. The average molecular weight is 600 g/mol. The van der Waals surface area contributed by atoms with Gasteiger partial charge in [-0.3, -0.25) is 14.4 Å². The third kappa shape index (κ3) is 8.03. The van der Waals surface area contributed by atoms with Gasteiger partial charge in [-0.05, 0) is 65.8 Å². The molecule has 1 atom stereocenters. The second-order valence-electron chi connectivity index (χ2n) is 11.5. The summed E-state index contributed by atoms with van der Waals surface area (Å²) >= 11 is 0. The summed E-state index contributed by atoms with van der Waals surface area (Å²) in [6, 6.07) is 12.0. The van der Waals surface area contributed by atoms with Crippen molar-refractivity contribution >= 4 is 30.3 Å². The Kier molecular flexibility index (Phi) is 10.5. The van der Waals surface area contributed by atoms with E-state index < -0.39 is 23.1 Å². The number of pyridine rings is 1. The van der Waals surface area contributed by atoms with Crippen LogP contribution in [0.25, 0.3) is 11.1 Å². The SMILES string of the molecule is C=CC(C)(/C=C(/Nc1ccc(C)cn1)C(N)=O)c1cccc(-c2c(F)cc(C(C)(C)C)cc2/C=N\NC=O)c1COC(C)=O. The number of carbonyl (C=O) groups excluding carboxylic acids is 3. The second-order valence-corrected chi connectivity index (χ2v) is 11.5. The van der Waals surface area contributed by atoms with Gasteiger partial charge in [-0.25, -0.2) is 14.8 Å². The zero-order valence-corrected chi connectivity index (χ0v) is 25.8. The number of nitrogens with two attached hydrogens (primary N) is 1. The van der Waals surface area contributed by atoms with Crippen LogP contribution in [0, 0.1) is 12.7 Å². The number of nitrogens with one attached hydrogen (secondary N) is 2. The lowest BCUT2D eigenvalue weighted by molar-refractivity contribution is -0.142. The first-order valence-corrected chi connectivity index (χ1v) is 13.9. The van der Waals surface area contributed by atoms with Gasteiger partial charge < -0.3 is 15.8 Å². The highest BCUT2D eigenvalue weighted by Gasteiger charge is 2.29. The van der Waals surface area contributed by atoms with Crippen LogP contribution in [0.1, 0.15) is 62.4 Å². The number of hydrogen-bond acceptors (Lipinski definition) is 7. The third-order valence-corrected chi connectivity index (χ3v) is 7.07. The molecular formula is C34H38FN5O4. The first kappa shape index (κ1) is 33.4. The van der Waals surface area contributed by atoms with Crippen molar-refractivity contribution in [3.05, 3.63) is 107 Å². The van der Waals surface area contributed by atoms with E-state index in [0.717, 1.165) is 5.56 Å². The van der Waals surface area contributed by atoms with Gasteiger partial charge in [0.25, 0.3) is 5.91 Å². The van der Waals surface area contributed by atoms with E-state index in [0.29, 0.717) is 40.0 Å². The molecule has 0 bridgehead atoms. The number of hydrogen-bond donors (Lipinski definition) is 3. The highest BCUT2D eigenvalue weighted by Crippen LogP contribution is 2.39. The Bertz CT molecular complexity index is 1620. The smallest absolute Gasteiger partial charge is 0.302 e. The molecule has 9 nitrogen and oxygen atoms in total. The Balaban J connectivity index is 2.33. The predicted octanol–water partition coefficient (Wildman–Crippen LogP) is 5.56. The van der Waals surface area contributed by atoms with Gasteiger partial charge >= 0.3 is 5.97 Å². The monoisotopic (exact) mass is 599 g/mol. The van der Waals surface area contributed by atoms with E-state index in [1.807, 2.05) is 33.8 Å². The molecule has 1 aromatic heterocycles. The summed E-state index contributed by atoms with van der Waals surface area (Å²) in [5, 5.41) is 6.90. The van der Waals surface area contributed by atoms with Gasteiger partial charge in [-0.2, -0.15) is 5.10 Å². The van der Waals surface area contributed by atoms with Crippen molar-refractivity contribution in [3.63, 3.8) is 0 Å². The Hall–Kier alpha value is -5.12. The molecule has 0 aliphatic carbocycles. The van der Waals surface area contributed by atoms with Crippen molar-refractivity contribution in [2.24, 2.45) is 10.8 Å². The minimum Gasteiger partial charge on any atom is -0.461 e. The number of amides is 2. The number of benzene rings is 2. The number of halogens is 1. The van der Waals surface area contributed by atoms with Crippen molar-refractivity contribution in [2.45, 2.75) is 59.0 Å². The molecule has 0 saturated heterocycles. The number of allylic oxidation sites excluding steroid dienone is 2. The Morgan fingerprint density at radius 1 is 1.16 bits per heavy atom. The Morgan fingerprint density at radius 3 is 2.45 bits per heavy atom. The van der Waals surface area contributed by atoms with E-state index in [-0.39, 0.29) is 23.3 Å². The molecule has 10 heteroatoms. The number of rotatable bonds is 12. The van der Waals surface area contributed by atoms with Crippen molar-refractivity contribution in [1.82, 2.24) is 10.4 Å². The average Bonchev–Trinajstić information content (AvgIpc) is 2.96. The fourth-order valence-electron chi connectivity index (χ4n) is 4.63. The van der Waals surface area contributed by atoms with Crippen molar-refractivity contribution in [3.8, 4) is 11.1 Å². The van der Waals surface area contributed by atoms with Crippen LogP contribution in [0.15, 0.2) is 78.2 Å². The molecule has 4 N–H and O–H groups in total. The summed E-state index contributed by atoms with van der Waals surface area (Å²) in [6.07, 6.45) is 6.65. The normalized spacial score (nSPS) is 13.2. The lowest BCUT2D eigenvalue weighted by Gasteiger charge is -2.29. The second kappa shape index (κ2) is 13.9. The third-order valence-electron chi connectivity index (χ3n) is 7.07. The zero-order chi connectivity index (χ0) is 32.7. The molecule has 3 aromatic rings. The van der Waals surface area contributed by atoms with Crippen LogP contribution in [0.4, 0.5) is 10.2 Å². The molecule has 1 unspecified atom stereocenters. The Morgan fingerprint density at radius 2 is 1.89 bits per heavy atom. The zero-order valence-electron chi connectivity index (χ0n) is 25.8. The predicted molar refractivity (Wildman–Crippen MR) is 170 cm³/mol. The van der Waals surface area contributed by atoms with Gasteiger partial charge in [0.2, 0.25) is 6.41 Å². The fraction of sp³-hybridized carbons (Fsp3) is 0.265. The molecule has 0 spiro atoms. The summed E-state index contributed by atoms with van der Waals surface area (Å²) < 4.78 is 21.6. The van der Waals surface area contributed by atoms with E-state index >= 15 is 4.39 Å². The molecule has 2 aromatic carbocycles. The van der Waals surface area contributed by atoms with Crippen LogP contribution >= 0.6 is 0 Å². The molecule has 2 amide bonds. The number of anilines is 1. The maximum absolute atomic E-state index is 16.1. The van der Waals surface area contributed by atoms with Crippen LogP contribution in [-0.4, -0.2) is 29.5 Å². The van der Waals surface area contributed by atoms with E-state index in [9.17, 15) is 14.4 Å². The Labute approximate surface area is 257 Å². The minimum atomic E-state index is -1.07. The molecule has 0 radical (unpaired) electrons. The number of aromatic nitrogens is 1. The molecule has 0 saturated carbocycles. The van der Waals surface area contributed by atoms with Gasteiger partial charge in [0.05, 0.1) is 6.21 Å². The molecular weight excluding hydrogens is 561 g/mol. The summed E-state index contributed by atoms with van der Waals surface area (Å²) in [4.78, 5) is 39.8. The lowest BCUT2D eigenvalue weighted by Crippen LogP contribution is -2.26. The molecule has 0 fully saturated rings. The molecule has 230 valence electrons. The number of aryl methyl sites for hydroxylation is 1. The first-order valence-electron chi connectivity index (χ1n) is 13.9. The standard InChI is InChI=1S/C34H38FN5O4/c1-8-34(7,16-29(32(36)43)40-30-13-12-21(2)17-37-30)27-11-9-10-25(26(27)19-44-22(3)42)31-23(18-38-39-20-41)14-24(15-28(31)35)33(4,5)6/h8-18,20H,1,19H2,2-7H3,(H2,36,43)(H,37,40)(H,39,41)/b29-16+,38-18-. The highest BCUT2D eigenvalue weighted by atomic mass is 19.1. The van der Waals surface area contributed by atoms with Crippen LogP contribution in [-0.2, 0) is 36.6 Å². The molecule has 1 heterocycles. The van der Waals surface area contributed by atoms with Gasteiger partial charge in [0, 0.05) is 35.2 Å². The van der Waals surface area contributed by atoms with E-state index in [4.69, 9.17) is 10.5 Å².